The van der Waals surface area contributed by atoms with E-state index < -0.39 is 4.92 Å². The van der Waals surface area contributed by atoms with Gasteiger partial charge in [0.2, 0.25) is 0 Å². The summed E-state index contributed by atoms with van der Waals surface area (Å²) in [6.07, 6.45) is 0. The predicted molar refractivity (Wildman–Crippen MR) is 64.2 cm³/mol. The van der Waals surface area contributed by atoms with Gasteiger partial charge < -0.3 is 15.1 Å². The molecule has 17 heavy (non-hydrogen) atoms. The molecule has 2 N–H and O–H groups in total. The summed E-state index contributed by atoms with van der Waals surface area (Å²) in [7, 11) is 0. The SMILES string of the molecule is Cc1ccc(N(CCO)CCO)cc1[N+](=O)[O-]. The molecule has 0 saturated carbocycles. The first-order valence-electron chi connectivity index (χ1n) is 5.32. The van der Waals surface area contributed by atoms with Crippen molar-refractivity contribution in [2.24, 2.45) is 0 Å². The topological polar surface area (TPSA) is 86.8 Å². The zero-order valence-corrected chi connectivity index (χ0v) is 9.67. The second-order valence-electron chi connectivity index (χ2n) is 3.66. The van der Waals surface area contributed by atoms with Crippen molar-refractivity contribution in [2.75, 3.05) is 31.2 Å². The minimum Gasteiger partial charge on any atom is -0.395 e. The third kappa shape index (κ3) is 3.40. The summed E-state index contributed by atoms with van der Waals surface area (Å²) in [5.74, 6) is 0. The molecule has 1 rings (SSSR count). The average Bonchev–Trinajstić information content (AvgIpc) is 2.29. The van der Waals surface area contributed by atoms with Crippen LogP contribution in [0.25, 0.3) is 0 Å². The molecule has 6 nitrogen and oxygen atoms in total. The normalized spacial score (nSPS) is 10.3. The van der Waals surface area contributed by atoms with Crippen LogP contribution in [-0.4, -0.2) is 41.4 Å². The van der Waals surface area contributed by atoms with Crippen LogP contribution in [-0.2, 0) is 0 Å². The highest BCUT2D eigenvalue weighted by Gasteiger charge is 2.14. The Bertz CT molecular complexity index is 389. The van der Waals surface area contributed by atoms with Crippen LogP contribution < -0.4 is 4.90 Å². The number of nitro groups is 1. The van der Waals surface area contributed by atoms with Crippen LogP contribution in [0.4, 0.5) is 11.4 Å². The number of aliphatic hydroxyl groups is 2. The Balaban J connectivity index is 3.03. The summed E-state index contributed by atoms with van der Waals surface area (Å²) in [6, 6.07) is 4.86. The van der Waals surface area contributed by atoms with Gasteiger partial charge in [0.05, 0.1) is 18.1 Å². The summed E-state index contributed by atoms with van der Waals surface area (Å²) in [5.41, 5.74) is 1.26. The van der Waals surface area contributed by atoms with E-state index in [2.05, 4.69) is 0 Å². The van der Waals surface area contributed by atoms with Crippen LogP contribution in [0.3, 0.4) is 0 Å². The fourth-order valence-corrected chi connectivity index (χ4v) is 1.60. The fourth-order valence-electron chi connectivity index (χ4n) is 1.60. The van der Waals surface area contributed by atoms with Gasteiger partial charge in [0.25, 0.3) is 5.69 Å². The van der Waals surface area contributed by atoms with Gasteiger partial charge in [-0.2, -0.15) is 0 Å². The van der Waals surface area contributed by atoms with Gasteiger partial charge in [-0.3, -0.25) is 10.1 Å². The second kappa shape index (κ2) is 6.17. The van der Waals surface area contributed by atoms with E-state index in [-0.39, 0.29) is 18.9 Å². The molecule has 0 spiro atoms. The molecule has 0 radical (unpaired) electrons. The second-order valence-corrected chi connectivity index (χ2v) is 3.66. The molecule has 94 valence electrons. The maximum Gasteiger partial charge on any atom is 0.274 e. The fraction of sp³-hybridized carbons (Fsp3) is 0.455. The number of hydrogen-bond donors (Lipinski definition) is 2. The van der Waals surface area contributed by atoms with Crippen LogP contribution in [0.15, 0.2) is 18.2 Å². The van der Waals surface area contributed by atoms with Crippen molar-refractivity contribution < 1.29 is 15.1 Å². The molecule has 0 saturated heterocycles. The van der Waals surface area contributed by atoms with Gasteiger partial charge in [-0.1, -0.05) is 6.07 Å². The van der Waals surface area contributed by atoms with E-state index in [4.69, 9.17) is 10.2 Å². The summed E-state index contributed by atoms with van der Waals surface area (Å²) in [4.78, 5) is 12.1. The van der Waals surface area contributed by atoms with Crippen LogP contribution in [0, 0.1) is 17.0 Å². The molecular formula is C11H16N2O4. The number of benzene rings is 1. The lowest BCUT2D eigenvalue weighted by molar-refractivity contribution is -0.385. The van der Waals surface area contributed by atoms with Gasteiger partial charge in [0.1, 0.15) is 0 Å². The van der Waals surface area contributed by atoms with E-state index in [1.807, 2.05) is 0 Å². The Hall–Kier alpha value is -1.66. The largest absolute Gasteiger partial charge is 0.395 e. The quantitative estimate of drug-likeness (QED) is 0.564. The molecule has 1 aromatic rings. The molecule has 0 aromatic heterocycles. The number of rotatable bonds is 6. The summed E-state index contributed by atoms with van der Waals surface area (Å²) < 4.78 is 0. The van der Waals surface area contributed by atoms with Gasteiger partial charge in [-0.15, -0.1) is 0 Å². The number of hydrogen-bond acceptors (Lipinski definition) is 5. The molecule has 1 aromatic carbocycles. The molecular weight excluding hydrogens is 224 g/mol. The van der Waals surface area contributed by atoms with Crippen LogP contribution >= 0.6 is 0 Å². The molecule has 0 heterocycles. The smallest absolute Gasteiger partial charge is 0.274 e. The number of aryl methyl sites for hydroxylation is 1. The lowest BCUT2D eigenvalue weighted by Gasteiger charge is -2.22. The van der Waals surface area contributed by atoms with Crippen LogP contribution in [0.5, 0.6) is 0 Å². The molecule has 0 bridgehead atoms. The monoisotopic (exact) mass is 240 g/mol. The maximum absolute atomic E-state index is 10.8. The third-order valence-corrected chi connectivity index (χ3v) is 2.49. The summed E-state index contributed by atoms with van der Waals surface area (Å²) in [5, 5.41) is 28.6. The van der Waals surface area contributed by atoms with Crippen LogP contribution in [0.2, 0.25) is 0 Å². The van der Waals surface area contributed by atoms with Crippen molar-refractivity contribution in [3.63, 3.8) is 0 Å². The zero-order chi connectivity index (χ0) is 12.8. The minimum atomic E-state index is -0.436. The summed E-state index contributed by atoms with van der Waals surface area (Å²) >= 11 is 0. The average molecular weight is 240 g/mol. The van der Waals surface area contributed by atoms with E-state index in [0.29, 0.717) is 24.3 Å². The van der Waals surface area contributed by atoms with Gasteiger partial charge >= 0.3 is 0 Å². The van der Waals surface area contributed by atoms with E-state index in [1.54, 1.807) is 24.0 Å². The van der Waals surface area contributed by atoms with E-state index in [0.717, 1.165) is 0 Å². The van der Waals surface area contributed by atoms with Gasteiger partial charge in [0, 0.05) is 30.4 Å². The van der Waals surface area contributed by atoms with Crippen molar-refractivity contribution in [1.82, 2.24) is 0 Å². The molecule has 0 aliphatic rings. The van der Waals surface area contributed by atoms with E-state index in [9.17, 15) is 10.1 Å². The van der Waals surface area contributed by atoms with Crippen molar-refractivity contribution >= 4 is 11.4 Å². The standard InChI is InChI=1S/C11H16N2O4/c1-9-2-3-10(8-11(9)13(16)17)12(4-6-14)5-7-15/h2-3,8,14-15H,4-7H2,1H3. The van der Waals surface area contributed by atoms with Crippen molar-refractivity contribution in [2.45, 2.75) is 6.92 Å². The highest BCUT2D eigenvalue weighted by molar-refractivity contribution is 5.56. The maximum atomic E-state index is 10.8. The first-order valence-corrected chi connectivity index (χ1v) is 5.32. The van der Waals surface area contributed by atoms with Crippen molar-refractivity contribution in [3.05, 3.63) is 33.9 Å². The Kier molecular flexibility index (Phi) is 4.86. The Morgan fingerprint density at radius 1 is 1.29 bits per heavy atom. The first-order chi connectivity index (χ1) is 8.10. The molecule has 6 heteroatoms. The van der Waals surface area contributed by atoms with E-state index in [1.165, 1.54) is 6.07 Å². The van der Waals surface area contributed by atoms with Gasteiger partial charge in [-0.05, 0) is 13.0 Å². The summed E-state index contributed by atoms with van der Waals surface area (Å²) in [6.45, 7) is 2.20. The molecule has 0 atom stereocenters. The van der Waals surface area contributed by atoms with Crippen LogP contribution in [0.1, 0.15) is 5.56 Å². The van der Waals surface area contributed by atoms with Crippen molar-refractivity contribution in [3.8, 4) is 0 Å². The number of nitrogens with zero attached hydrogens (tertiary/aromatic N) is 2. The Morgan fingerprint density at radius 2 is 1.88 bits per heavy atom. The predicted octanol–water partition coefficient (Wildman–Crippen LogP) is 0.694. The molecule has 0 fully saturated rings. The molecule has 0 unspecified atom stereocenters. The highest BCUT2D eigenvalue weighted by atomic mass is 16.6. The molecule has 0 amide bonds. The van der Waals surface area contributed by atoms with Gasteiger partial charge in [0.15, 0.2) is 0 Å². The Labute approximate surface area is 99.3 Å². The lowest BCUT2D eigenvalue weighted by atomic mass is 10.1. The Morgan fingerprint density at radius 3 is 2.35 bits per heavy atom. The number of nitro benzene ring substituents is 1. The minimum absolute atomic E-state index is 0.0448. The number of aliphatic hydroxyl groups excluding tert-OH is 2. The van der Waals surface area contributed by atoms with Gasteiger partial charge in [-0.25, -0.2) is 0 Å². The number of anilines is 1. The van der Waals surface area contributed by atoms with E-state index >= 15 is 0 Å². The lowest BCUT2D eigenvalue weighted by Crippen LogP contribution is -2.29. The first kappa shape index (κ1) is 13.4. The zero-order valence-electron chi connectivity index (χ0n) is 9.67. The highest BCUT2D eigenvalue weighted by Crippen LogP contribution is 2.24. The molecule has 0 aliphatic heterocycles. The van der Waals surface area contributed by atoms with Crippen molar-refractivity contribution in [1.29, 1.82) is 0 Å². The third-order valence-electron chi connectivity index (χ3n) is 2.49. The molecule has 0 aliphatic carbocycles.